The number of rotatable bonds is 9. The third-order valence-electron chi connectivity index (χ3n) is 3.34. The van der Waals surface area contributed by atoms with Crippen LogP contribution in [0.25, 0.3) is 0 Å². The van der Waals surface area contributed by atoms with Gasteiger partial charge >= 0.3 is 17.1 Å². The molecule has 0 radical (unpaired) electrons. The lowest BCUT2D eigenvalue weighted by molar-refractivity contribution is 0.233. The van der Waals surface area contributed by atoms with Crippen molar-refractivity contribution in [3.8, 4) is 0 Å². The minimum Gasteiger partial charge on any atom is -0.395 e. The van der Waals surface area contributed by atoms with Crippen molar-refractivity contribution in [3.05, 3.63) is 31.5 Å². The Kier molecular flexibility index (Phi) is 7.47. The topological polar surface area (TPSA) is 205 Å². The van der Waals surface area contributed by atoms with Crippen molar-refractivity contribution in [1.82, 2.24) is 13.7 Å². The zero-order chi connectivity index (χ0) is 18.4. The van der Waals surface area contributed by atoms with Gasteiger partial charge in [0.25, 0.3) is 0 Å². The molecule has 0 aliphatic rings. The van der Waals surface area contributed by atoms with Gasteiger partial charge in [-0.1, -0.05) is 0 Å². The lowest BCUT2D eigenvalue weighted by atomic mass is 10.3. The maximum absolute atomic E-state index is 12.4. The van der Waals surface area contributed by atoms with Crippen LogP contribution in [-0.4, -0.2) is 67.0 Å². The maximum Gasteiger partial charge on any atom is 0.336 e. The predicted molar refractivity (Wildman–Crippen MR) is 84.4 cm³/mol. The van der Waals surface area contributed by atoms with Crippen molar-refractivity contribution in [3.63, 3.8) is 0 Å². The molecular formula is C12H24N6O6. The van der Waals surface area contributed by atoms with Crippen LogP contribution >= 0.6 is 0 Å². The third-order valence-corrected chi connectivity index (χ3v) is 3.34. The van der Waals surface area contributed by atoms with Crippen LogP contribution in [0.2, 0.25) is 0 Å². The fourth-order valence-corrected chi connectivity index (χ4v) is 2.03. The van der Waals surface area contributed by atoms with Gasteiger partial charge in [-0.05, 0) is 0 Å². The van der Waals surface area contributed by atoms with Crippen LogP contribution in [-0.2, 0) is 19.6 Å². The summed E-state index contributed by atoms with van der Waals surface area (Å²) in [6.45, 7) is -2.39. The predicted octanol–water partition coefficient (Wildman–Crippen LogP) is -5.87. The molecule has 12 nitrogen and oxygen atoms in total. The number of aliphatic hydroxyl groups excluding tert-OH is 3. The van der Waals surface area contributed by atoms with Crippen molar-refractivity contribution in [2.75, 3.05) is 19.8 Å². The summed E-state index contributed by atoms with van der Waals surface area (Å²) in [5, 5.41) is 27.0. The number of hydrogen-bond acceptors (Lipinski definition) is 9. The quantitative estimate of drug-likeness (QED) is 0.251. The highest BCUT2D eigenvalue weighted by molar-refractivity contribution is 4.83. The van der Waals surface area contributed by atoms with E-state index in [1.165, 1.54) is 0 Å². The van der Waals surface area contributed by atoms with E-state index in [-0.39, 0.29) is 19.6 Å². The van der Waals surface area contributed by atoms with E-state index < -0.39 is 55.0 Å². The molecule has 1 rings (SSSR count). The molecule has 9 N–H and O–H groups in total. The second-order valence-electron chi connectivity index (χ2n) is 5.51. The van der Waals surface area contributed by atoms with Gasteiger partial charge in [0.2, 0.25) is 0 Å². The van der Waals surface area contributed by atoms with Gasteiger partial charge < -0.3 is 32.5 Å². The van der Waals surface area contributed by atoms with Gasteiger partial charge in [0.1, 0.15) is 0 Å². The molecule has 138 valence electrons. The molecule has 0 aromatic carbocycles. The Hall–Kier alpha value is -1.83. The fraction of sp³-hybridized carbons (Fsp3) is 0.750. The molecule has 0 aliphatic heterocycles. The van der Waals surface area contributed by atoms with E-state index in [2.05, 4.69) is 0 Å². The van der Waals surface area contributed by atoms with E-state index in [1.807, 2.05) is 0 Å². The normalized spacial score (nSPS) is 15.2. The van der Waals surface area contributed by atoms with E-state index >= 15 is 0 Å². The lowest BCUT2D eigenvalue weighted by Crippen LogP contribution is -2.58. The molecule has 0 aliphatic carbocycles. The van der Waals surface area contributed by atoms with Gasteiger partial charge in [0.15, 0.2) is 0 Å². The summed E-state index contributed by atoms with van der Waals surface area (Å²) in [6.07, 6.45) is 0. The van der Waals surface area contributed by atoms with Crippen molar-refractivity contribution < 1.29 is 15.3 Å². The summed E-state index contributed by atoms with van der Waals surface area (Å²) in [5.74, 6) is 0. The second kappa shape index (κ2) is 8.86. The summed E-state index contributed by atoms with van der Waals surface area (Å²) in [4.78, 5) is 37.1. The summed E-state index contributed by atoms with van der Waals surface area (Å²) < 4.78 is 2.07. The van der Waals surface area contributed by atoms with E-state index in [4.69, 9.17) is 32.5 Å². The first-order valence-corrected chi connectivity index (χ1v) is 7.30. The van der Waals surface area contributed by atoms with Crippen LogP contribution in [0.1, 0.15) is 0 Å². The smallest absolute Gasteiger partial charge is 0.336 e. The molecule has 0 saturated carbocycles. The van der Waals surface area contributed by atoms with Gasteiger partial charge in [-0.15, -0.1) is 0 Å². The molecule has 0 fully saturated rings. The Morgan fingerprint density at radius 1 is 0.625 bits per heavy atom. The Morgan fingerprint density at radius 2 is 0.833 bits per heavy atom. The Balaban J connectivity index is 3.55. The zero-order valence-corrected chi connectivity index (χ0v) is 13.1. The van der Waals surface area contributed by atoms with Crippen LogP contribution in [0.4, 0.5) is 0 Å². The molecule has 0 amide bonds. The van der Waals surface area contributed by atoms with Crippen LogP contribution in [0.5, 0.6) is 0 Å². The molecule has 0 bridgehead atoms. The number of hydrogen-bond donors (Lipinski definition) is 6. The van der Waals surface area contributed by atoms with E-state index in [9.17, 15) is 14.4 Å². The average Bonchev–Trinajstić information content (AvgIpc) is 2.58. The SMILES string of the molecule is NC(CO)Cn1c(=O)n(CC(N)CO)c(=O)n(CC(N)CO)c1=O. The first-order chi connectivity index (χ1) is 11.3. The molecule has 3 unspecified atom stereocenters. The molecular weight excluding hydrogens is 324 g/mol. The number of aliphatic hydroxyl groups is 3. The van der Waals surface area contributed by atoms with Crippen LogP contribution in [0.3, 0.4) is 0 Å². The van der Waals surface area contributed by atoms with Crippen LogP contribution < -0.4 is 34.3 Å². The van der Waals surface area contributed by atoms with Crippen LogP contribution in [0, 0.1) is 0 Å². The monoisotopic (exact) mass is 348 g/mol. The molecule has 12 heteroatoms. The Labute approximate surface area is 136 Å². The van der Waals surface area contributed by atoms with Crippen LogP contribution in [0.15, 0.2) is 14.4 Å². The van der Waals surface area contributed by atoms with Gasteiger partial charge in [-0.2, -0.15) is 0 Å². The minimum absolute atomic E-state index is 0.322. The summed E-state index contributed by atoms with van der Waals surface area (Å²) >= 11 is 0. The number of nitrogens with two attached hydrogens (primary N) is 3. The van der Waals surface area contributed by atoms with Gasteiger partial charge in [0, 0.05) is 37.8 Å². The first kappa shape index (κ1) is 20.2. The van der Waals surface area contributed by atoms with Gasteiger partial charge in [-0.25, -0.2) is 28.1 Å². The highest BCUT2D eigenvalue weighted by atomic mass is 16.3. The molecule has 1 aromatic heterocycles. The van der Waals surface area contributed by atoms with E-state index in [1.54, 1.807) is 0 Å². The fourth-order valence-electron chi connectivity index (χ4n) is 2.03. The maximum atomic E-state index is 12.4. The summed E-state index contributed by atoms with van der Waals surface area (Å²) in [5.41, 5.74) is 13.8. The Morgan fingerprint density at radius 3 is 1.00 bits per heavy atom. The highest BCUT2D eigenvalue weighted by Crippen LogP contribution is 1.86. The van der Waals surface area contributed by atoms with Crippen molar-refractivity contribution in [2.45, 2.75) is 37.8 Å². The molecule has 3 atom stereocenters. The van der Waals surface area contributed by atoms with Crippen molar-refractivity contribution in [1.29, 1.82) is 0 Å². The average molecular weight is 348 g/mol. The van der Waals surface area contributed by atoms with Crippen molar-refractivity contribution >= 4 is 0 Å². The third kappa shape index (κ3) is 4.59. The second-order valence-corrected chi connectivity index (χ2v) is 5.51. The largest absolute Gasteiger partial charge is 0.395 e. The highest BCUT2D eigenvalue weighted by Gasteiger charge is 2.19. The zero-order valence-electron chi connectivity index (χ0n) is 13.1. The van der Waals surface area contributed by atoms with Gasteiger partial charge in [-0.3, -0.25) is 0 Å². The van der Waals surface area contributed by atoms with Gasteiger partial charge in [0.05, 0.1) is 19.8 Å². The summed E-state index contributed by atoms with van der Waals surface area (Å²) in [6, 6.07) is -2.69. The van der Waals surface area contributed by atoms with E-state index in [0.717, 1.165) is 0 Å². The molecule has 0 spiro atoms. The lowest BCUT2D eigenvalue weighted by Gasteiger charge is -2.18. The first-order valence-electron chi connectivity index (χ1n) is 7.30. The summed E-state index contributed by atoms with van der Waals surface area (Å²) in [7, 11) is 0. The molecule has 1 aromatic rings. The number of aromatic nitrogens is 3. The van der Waals surface area contributed by atoms with Crippen molar-refractivity contribution in [2.24, 2.45) is 17.2 Å². The standard InChI is InChI=1S/C12H24N6O6/c13-7(4-19)1-16-10(22)17(2-8(14)5-20)12(24)18(11(16)23)3-9(15)6-21/h7-9,19-21H,1-6,13-15H2. The molecule has 1 heterocycles. The molecule has 0 saturated heterocycles. The molecule has 24 heavy (non-hydrogen) atoms. The van der Waals surface area contributed by atoms with E-state index in [0.29, 0.717) is 13.7 Å². The number of nitrogens with zero attached hydrogens (tertiary/aromatic N) is 3. The Bertz CT molecular complexity index is 584. The minimum atomic E-state index is -0.952.